The lowest BCUT2D eigenvalue weighted by Crippen LogP contribution is -2.50. The Kier molecular flexibility index (Phi) is 6.13. The van der Waals surface area contributed by atoms with Crippen LogP contribution in [0.15, 0.2) is 29.6 Å². The van der Waals surface area contributed by atoms with Crippen molar-refractivity contribution in [2.75, 3.05) is 36.8 Å². The number of benzene rings is 1. The van der Waals surface area contributed by atoms with Gasteiger partial charge in [-0.25, -0.2) is 19.6 Å². The molecule has 176 valence electrons. The van der Waals surface area contributed by atoms with Gasteiger partial charge >= 0.3 is 12.1 Å². The molecule has 0 aliphatic carbocycles. The molecule has 2 aliphatic heterocycles. The number of para-hydroxylation sites is 1. The third-order valence-corrected chi connectivity index (χ3v) is 6.25. The van der Waals surface area contributed by atoms with Gasteiger partial charge in [-0.05, 0) is 39.5 Å². The van der Waals surface area contributed by atoms with Gasteiger partial charge in [0.05, 0.1) is 25.4 Å². The van der Waals surface area contributed by atoms with Gasteiger partial charge in [0.25, 0.3) is 0 Å². The van der Waals surface area contributed by atoms with Crippen LogP contribution in [0.2, 0.25) is 0 Å². The molecular weight excluding hydrogens is 442 g/mol. The summed E-state index contributed by atoms with van der Waals surface area (Å²) in [6.45, 7) is 6.30. The zero-order valence-corrected chi connectivity index (χ0v) is 20.6. The first-order valence-corrected chi connectivity index (χ1v) is 12.0. The smallest absolute Gasteiger partial charge is 0.414 e. The maximum absolute atomic E-state index is 13.4. The van der Waals surface area contributed by atoms with E-state index in [-0.39, 0.29) is 12.1 Å². The van der Waals surface area contributed by atoms with E-state index < -0.39 is 11.7 Å². The molecule has 3 amide bonds. The van der Waals surface area contributed by atoms with Gasteiger partial charge in [0.15, 0.2) is 5.16 Å². The summed E-state index contributed by atoms with van der Waals surface area (Å²) in [4.78, 5) is 40.3. The van der Waals surface area contributed by atoms with Crippen LogP contribution >= 0.6 is 11.8 Å². The molecule has 33 heavy (non-hydrogen) atoms. The number of anilines is 2. The quantitative estimate of drug-likeness (QED) is 0.482. The maximum atomic E-state index is 13.4. The van der Waals surface area contributed by atoms with E-state index in [9.17, 15) is 9.59 Å². The van der Waals surface area contributed by atoms with Crippen LogP contribution in [0.4, 0.5) is 21.1 Å². The Morgan fingerprint density at radius 3 is 2.70 bits per heavy atom. The second kappa shape index (κ2) is 8.74. The zero-order valence-electron chi connectivity index (χ0n) is 19.8. The van der Waals surface area contributed by atoms with Crippen molar-refractivity contribution in [3.8, 4) is 5.75 Å². The predicted octanol–water partition coefficient (Wildman–Crippen LogP) is 4.47. The number of amides is 3. The third kappa shape index (κ3) is 4.31. The van der Waals surface area contributed by atoms with Crippen LogP contribution in [0.3, 0.4) is 0 Å². The second-order valence-electron chi connectivity index (χ2n) is 9.01. The number of methoxy groups -OCH3 is 1. The number of thioether (sulfide) groups is 1. The molecule has 0 saturated heterocycles. The minimum Gasteiger partial charge on any atom is -0.495 e. The Morgan fingerprint density at radius 1 is 1.27 bits per heavy atom. The average Bonchev–Trinajstić information content (AvgIpc) is 2.79. The molecule has 0 fully saturated rings. The van der Waals surface area contributed by atoms with Gasteiger partial charge in [-0.2, -0.15) is 0 Å². The van der Waals surface area contributed by atoms with E-state index in [4.69, 9.17) is 9.47 Å². The first kappa shape index (κ1) is 23.2. The number of rotatable bonds is 3. The van der Waals surface area contributed by atoms with Gasteiger partial charge in [-0.1, -0.05) is 23.9 Å². The first-order chi connectivity index (χ1) is 15.6. The molecule has 2 aromatic rings. The number of hydrogen-bond donors (Lipinski definition) is 0. The maximum Gasteiger partial charge on any atom is 0.414 e. The van der Waals surface area contributed by atoms with Gasteiger partial charge in [-0.15, -0.1) is 0 Å². The Balaban J connectivity index is 1.73. The van der Waals surface area contributed by atoms with E-state index in [1.807, 2.05) is 50.1 Å². The van der Waals surface area contributed by atoms with Crippen molar-refractivity contribution < 1.29 is 19.1 Å². The van der Waals surface area contributed by atoms with Crippen molar-refractivity contribution >= 4 is 35.4 Å². The molecule has 1 aromatic carbocycles. The molecule has 0 bridgehead atoms. The molecule has 1 unspecified atom stereocenters. The van der Waals surface area contributed by atoms with Crippen LogP contribution in [0.5, 0.6) is 5.75 Å². The van der Waals surface area contributed by atoms with E-state index >= 15 is 0 Å². The molecule has 10 heteroatoms. The minimum atomic E-state index is -0.624. The summed E-state index contributed by atoms with van der Waals surface area (Å²) in [5.74, 6) is 1.20. The molecule has 1 atom stereocenters. The van der Waals surface area contributed by atoms with Crippen molar-refractivity contribution in [2.24, 2.45) is 0 Å². The highest BCUT2D eigenvalue weighted by atomic mass is 32.2. The van der Waals surface area contributed by atoms with E-state index in [2.05, 4.69) is 9.97 Å². The highest BCUT2D eigenvalue weighted by molar-refractivity contribution is 7.98. The molecular formula is C23H29N5O4S. The van der Waals surface area contributed by atoms with E-state index in [1.165, 1.54) is 11.8 Å². The van der Waals surface area contributed by atoms with Gasteiger partial charge in [0.1, 0.15) is 17.2 Å². The van der Waals surface area contributed by atoms with Crippen molar-refractivity contribution in [1.82, 2.24) is 14.9 Å². The highest BCUT2D eigenvalue weighted by Gasteiger charge is 2.41. The fourth-order valence-electron chi connectivity index (χ4n) is 4.26. The summed E-state index contributed by atoms with van der Waals surface area (Å²) in [7, 11) is 3.30. The monoisotopic (exact) mass is 471 g/mol. The van der Waals surface area contributed by atoms with Gasteiger partial charge < -0.3 is 14.4 Å². The van der Waals surface area contributed by atoms with Crippen molar-refractivity contribution in [3.05, 3.63) is 35.5 Å². The fraction of sp³-hybridized carbons (Fsp3) is 0.478. The summed E-state index contributed by atoms with van der Waals surface area (Å²) in [5, 5.41) is 0.627. The van der Waals surface area contributed by atoms with Crippen molar-refractivity contribution in [3.63, 3.8) is 0 Å². The Morgan fingerprint density at radius 2 is 2.03 bits per heavy atom. The van der Waals surface area contributed by atoms with Crippen LogP contribution in [0.25, 0.3) is 0 Å². The molecule has 9 nitrogen and oxygen atoms in total. The second-order valence-corrected chi connectivity index (χ2v) is 9.78. The van der Waals surface area contributed by atoms with Gasteiger partial charge in [0.2, 0.25) is 0 Å². The van der Waals surface area contributed by atoms with E-state index in [0.717, 1.165) is 11.1 Å². The topological polar surface area (TPSA) is 88.1 Å². The van der Waals surface area contributed by atoms with E-state index in [0.29, 0.717) is 41.9 Å². The van der Waals surface area contributed by atoms with Crippen LogP contribution in [0.1, 0.15) is 44.4 Å². The molecule has 1 aromatic heterocycles. The fourth-order valence-corrected chi connectivity index (χ4v) is 4.60. The number of aromatic nitrogens is 2. The number of nitrogens with zero attached hydrogens (tertiary/aromatic N) is 5. The standard InChI is InChI=1S/C23H29N5O4S/c1-23(2,3)32-22(30)27-11-10-16(15-8-7-9-17(31-5)18(15)27)28-13-14-12-24-20(33-6)25-19(14)26(4)21(28)29/h7-9,12,16H,10-11,13H2,1-6H3. The first-order valence-electron chi connectivity index (χ1n) is 10.8. The molecule has 2 aliphatic rings. The van der Waals surface area contributed by atoms with Crippen LogP contribution in [0, 0.1) is 0 Å². The number of ether oxygens (including phenoxy) is 2. The molecule has 0 radical (unpaired) electrons. The summed E-state index contributed by atoms with van der Waals surface area (Å²) >= 11 is 1.44. The van der Waals surface area contributed by atoms with Crippen molar-refractivity contribution in [2.45, 2.75) is 50.5 Å². The van der Waals surface area contributed by atoms with Gasteiger partial charge in [0, 0.05) is 30.9 Å². The van der Waals surface area contributed by atoms with E-state index in [1.54, 1.807) is 30.2 Å². The molecule has 0 saturated carbocycles. The summed E-state index contributed by atoms with van der Waals surface area (Å²) in [5.41, 5.74) is 1.74. The normalized spacial score (nSPS) is 18.1. The molecule has 0 spiro atoms. The molecule has 0 N–H and O–H groups in total. The number of fused-ring (bicyclic) bond motifs is 2. The Labute approximate surface area is 198 Å². The molecule has 3 heterocycles. The Bertz CT molecular complexity index is 1090. The number of hydrogen-bond acceptors (Lipinski definition) is 7. The minimum absolute atomic E-state index is 0.141. The summed E-state index contributed by atoms with van der Waals surface area (Å²) < 4.78 is 11.2. The van der Waals surface area contributed by atoms with Crippen molar-refractivity contribution in [1.29, 1.82) is 0 Å². The van der Waals surface area contributed by atoms with Crippen LogP contribution in [-0.2, 0) is 11.3 Å². The predicted molar refractivity (Wildman–Crippen MR) is 127 cm³/mol. The number of urea groups is 1. The molecule has 4 rings (SSSR count). The zero-order chi connectivity index (χ0) is 23.9. The van der Waals surface area contributed by atoms with Gasteiger partial charge in [-0.3, -0.25) is 9.80 Å². The number of carbonyl (C=O) groups excluding carboxylic acids is 2. The third-order valence-electron chi connectivity index (χ3n) is 5.69. The van der Waals surface area contributed by atoms with Crippen LogP contribution < -0.4 is 14.5 Å². The highest BCUT2D eigenvalue weighted by Crippen LogP contribution is 2.45. The summed E-state index contributed by atoms with van der Waals surface area (Å²) in [6.07, 6.45) is 3.82. The largest absolute Gasteiger partial charge is 0.495 e. The number of carbonyl (C=O) groups is 2. The Hall–Kier alpha value is -3.01. The lowest BCUT2D eigenvalue weighted by atomic mass is 9.93. The lowest BCUT2D eigenvalue weighted by molar-refractivity contribution is 0.0571. The van der Waals surface area contributed by atoms with Crippen LogP contribution in [-0.4, -0.2) is 59.6 Å². The lowest BCUT2D eigenvalue weighted by Gasteiger charge is -2.43. The summed E-state index contributed by atoms with van der Waals surface area (Å²) in [6, 6.07) is 5.25. The average molecular weight is 472 g/mol. The SMILES string of the molecule is COc1cccc2c1N(C(=O)OC(C)(C)C)CCC2N1Cc2cnc(SC)nc2N(C)C1=O.